The van der Waals surface area contributed by atoms with Crippen molar-refractivity contribution in [1.82, 2.24) is 24.6 Å². The summed E-state index contributed by atoms with van der Waals surface area (Å²) in [6, 6.07) is 0. The maximum absolute atomic E-state index is 12.7. The minimum Gasteiger partial charge on any atom is -0.337 e. The number of hydrogen-bond donors (Lipinski definition) is 1. The molecule has 2 aromatic rings. The first kappa shape index (κ1) is 17.9. The molecule has 0 unspecified atom stereocenters. The van der Waals surface area contributed by atoms with E-state index < -0.39 is 5.56 Å². The highest BCUT2D eigenvalue weighted by atomic mass is 16.2. The van der Waals surface area contributed by atoms with Crippen molar-refractivity contribution >= 4 is 5.91 Å². The van der Waals surface area contributed by atoms with Crippen LogP contribution in [0, 0.1) is 6.92 Å². The highest BCUT2D eigenvalue weighted by molar-refractivity contribution is 5.94. The number of aromatic nitrogens is 4. The Balaban J connectivity index is 2.27. The van der Waals surface area contributed by atoms with Gasteiger partial charge in [0.15, 0.2) is 0 Å². The van der Waals surface area contributed by atoms with Crippen LogP contribution in [0.25, 0.3) is 0 Å². The Bertz CT molecular complexity index is 798. The molecule has 0 atom stereocenters. The van der Waals surface area contributed by atoms with Crippen molar-refractivity contribution < 1.29 is 4.79 Å². The fourth-order valence-electron chi connectivity index (χ4n) is 2.39. The zero-order chi connectivity index (χ0) is 18.1. The number of nitrogens with one attached hydrogen (secondary N) is 1. The van der Waals surface area contributed by atoms with Crippen molar-refractivity contribution in [3.63, 3.8) is 0 Å². The Hall–Kier alpha value is -2.44. The number of aryl methyl sites for hydroxylation is 2. The average Bonchev–Trinajstić information content (AvgIpc) is 2.92. The highest BCUT2D eigenvalue weighted by Crippen LogP contribution is 2.18. The van der Waals surface area contributed by atoms with Crippen LogP contribution in [0.5, 0.6) is 0 Å². The molecule has 0 aliphatic carbocycles. The van der Waals surface area contributed by atoms with Crippen molar-refractivity contribution in [2.45, 2.75) is 53.1 Å². The summed E-state index contributed by atoms with van der Waals surface area (Å²) < 4.78 is 1.80. The summed E-state index contributed by atoms with van der Waals surface area (Å²) in [6.45, 7) is 10.7. The summed E-state index contributed by atoms with van der Waals surface area (Å²) in [5.74, 6) is 0.236. The molecule has 0 saturated heterocycles. The molecule has 0 saturated carbocycles. The second kappa shape index (κ2) is 6.59. The first-order chi connectivity index (χ1) is 11.1. The largest absolute Gasteiger partial charge is 0.337 e. The zero-order valence-corrected chi connectivity index (χ0v) is 15.2. The van der Waals surface area contributed by atoms with E-state index in [9.17, 15) is 9.59 Å². The van der Waals surface area contributed by atoms with E-state index in [-0.39, 0.29) is 16.9 Å². The standard InChI is InChI=1S/C17H25N5O2/c1-7-22-10-12(8-18-22)9-21(6)15(24)13-11(2)19-16(17(3,4)5)20-14(13)23/h8,10H,7,9H2,1-6H3,(H,19,20,23). The molecule has 7 nitrogen and oxygen atoms in total. The summed E-state index contributed by atoms with van der Waals surface area (Å²) >= 11 is 0. The van der Waals surface area contributed by atoms with Gasteiger partial charge in [-0.2, -0.15) is 5.10 Å². The van der Waals surface area contributed by atoms with Gasteiger partial charge in [0.2, 0.25) is 0 Å². The number of rotatable bonds is 4. The third kappa shape index (κ3) is 3.72. The predicted octanol–water partition coefficient (Wildman–Crippen LogP) is 1.86. The molecule has 1 amide bonds. The van der Waals surface area contributed by atoms with Crippen LogP contribution in [0.4, 0.5) is 0 Å². The Morgan fingerprint density at radius 3 is 2.54 bits per heavy atom. The lowest BCUT2D eigenvalue weighted by Gasteiger charge is -2.20. The molecule has 0 fully saturated rings. The second-order valence-corrected chi connectivity index (χ2v) is 6.99. The molecule has 2 heterocycles. The Kier molecular flexibility index (Phi) is 4.91. The summed E-state index contributed by atoms with van der Waals surface area (Å²) in [6.07, 6.45) is 3.62. The number of H-pyrrole nitrogens is 1. The number of amides is 1. The van der Waals surface area contributed by atoms with Crippen molar-refractivity contribution in [3.05, 3.63) is 45.4 Å². The van der Waals surface area contributed by atoms with E-state index in [1.165, 1.54) is 4.90 Å². The molecular formula is C17H25N5O2. The highest BCUT2D eigenvalue weighted by Gasteiger charge is 2.24. The van der Waals surface area contributed by atoms with Crippen molar-refractivity contribution in [2.75, 3.05) is 7.05 Å². The van der Waals surface area contributed by atoms with Crippen LogP contribution < -0.4 is 5.56 Å². The van der Waals surface area contributed by atoms with Gasteiger partial charge in [0.1, 0.15) is 11.4 Å². The number of carbonyl (C=O) groups is 1. The van der Waals surface area contributed by atoms with Crippen LogP contribution in [-0.4, -0.2) is 37.6 Å². The molecule has 0 aliphatic heterocycles. The van der Waals surface area contributed by atoms with E-state index in [4.69, 9.17) is 0 Å². The van der Waals surface area contributed by atoms with Crippen LogP contribution in [0.1, 0.15) is 55.1 Å². The van der Waals surface area contributed by atoms with Gasteiger partial charge in [0.25, 0.3) is 11.5 Å². The molecule has 2 aromatic heterocycles. The lowest BCUT2D eigenvalue weighted by Crippen LogP contribution is -2.34. The lowest BCUT2D eigenvalue weighted by atomic mass is 9.95. The quantitative estimate of drug-likeness (QED) is 0.927. The maximum Gasteiger partial charge on any atom is 0.264 e. The van der Waals surface area contributed by atoms with Crippen LogP contribution in [0.2, 0.25) is 0 Å². The molecule has 1 N–H and O–H groups in total. The SMILES string of the molecule is CCn1cc(CN(C)C(=O)c2c(C)nc(C(C)(C)C)[nH]c2=O)cn1. The summed E-state index contributed by atoms with van der Waals surface area (Å²) in [5, 5.41) is 4.19. The molecule has 0 radical (unpaired) electrons. The van der Waals surface area contributed by atoms with E-state index in [1.54, 1.807) is 24.9 Å². The van der Waals surface area contributed by atoms with E-state index in [2.05, 4.69) is 15.1 Å². The molecule has 0 aromatic carbocycles. The molecular weight excluding hydrogens is 306 g/mol. The summed E-state index contributed by atoms with van der Waals surface area (Å²) in [5.41, 5.74) is 0.777. The van der Waals surface area contributed by atoms with Gasteiger partial charge in [0, 0.05) is 37.3 Å². The molecule has 0 bridgehead atoms. The predicted molar refractivity (Wildman–Crippen MR) is 92.0 cm³/mol. The third-order valence-electron chi connectivity index (χ3n) is 3.80. The van der Waals surface area contributed by atoms with Gasteiger partial charge in [-0.15, -0.1) is 0 Å². The van der Waals surface area contributed by atoms with Gasteiger partial charge < -0.3 is 9.88 Å². The normalized spacial score (nSPS) is 11.6. The van der Waals surface area contributed by atoms with Crippen LogP contribution in [0.15, 0.2) is 17.2 Å². The van der Waals surface area contributed by atoms with E-state index in [1.807, 2.05) is 33.9 Å². The average molecular weight is 331 g/mol. The van der Waals surface area contributed by atoms with Crippen molar-refractivity contribution in [1.29, 1.82) is 0 Å². The maximum atomic E-state index is 12.7. The Labute approximate surface area is 141 Å². The van der Waals surface area contributed by atoms with Crippen LogP contribution in [-0.2, 0) is 18.5 Å². The fraction of sp³-hybridized carbons (Fsp3) is 0.529. The van der Waals surface area contributed by atoms with Crippen molar-refractivity contribution in [3.8, 4) is 0 Å². The van der Waals surface area contributed by atoms with E-state index >= 15 is 0 Å². The number of hydrogen-bond acceptors (Lipinski definition) is 4. The second-order valence-electron chi connectivity index (χ2n) is 6.99. The van der Waals surface area contributed by atoms with Gasteiger partial charge in [-0.3, -0.25) is 14.3 Å². The van der Waals surface area contributed by atoms with Gasteiger partial charge >= 0.3 is 0 Å². The van der Waals surface area contributed by atoms with Crippen LogP contribution in [0.3, 0.4) is 0 Å². The fourth-order valence-corrected chi connectivity index (χ4v) is 2.39. The minimum absolute atomic E-state index is 0.0911. The first-order valence-corrected chi connectivity index (χ1v) is 8.01. The van der Waals surface area contributed by atoms with Gasteiger partial charge in [0.05, 0.1) is 11.9 Å². The van der Waals surface area contributed by atoms with Gasteiger partial charge in [-0.1, -0.05) is 20.8 Å². The van der Waals surface area contributed by atoms with Crippen LogP contribution >= 0.6 is 0 Å². The summed E-state index contributed by atoms with van der Waals surface area (Å²) in [7, 11) is 1.67. The van der Waals surface area contributed by atoms with Gasteiger partial charge in [-0.25, -0.2) is 4.98 Å². The van der Waals surface area contributed by atoms with Crippen molar-refractivity contribution in [2.24, 2.45) is 0 Å². The molecule has 130 valence electrons. The van der Waals surface area contributed by atoms with E-state index in [0.717, 1.165) is 12.1 Å². The molecule has 24 heavy (non-hydrogen) atoms. The molecule has 7 heteroatoms. The molecule has 0 aliphatic rings. The molecule has 0 spiro atoms. The Morgan fingerprint density at radius 1 is 1.38 bits per heavy atom. The topological polar surface area (TPSA) is 83.9 Å². The number of nitrogens with zero attached hydrogens (tertiary/aromatic N) is 4. The third-order valence-corrected chi connectivity index (χ3v) is 3.80. The summed E-state index contributed by atoms with van der Waals surface area (Å²) in [4.78, 5) is 33.7. The van der Waals surface area contributed by atoms with Gasteiger partial charge in [-0.05, 0) is 13.8 Å². The number of aromatic amines is 1. The molecule has 2 rings (SSSR count). The lowest BCUT2D eigenvalue weighted by molar-refractivity contribution is 0.0781. The first-order valence-electron chi connectivity index (χ1n) is 8.01. The zero-order valence-electron chi connectivity index (χ0n) is 15.2. The minimum atomic E-state index is -0.395. The van der Waals surface area contributed by atoms with E-state index in [0.29, 0.717) is 18.1 Å². The Morgan fingerprint density at radius 2 is 2.04 bits per heavy atom. The number of carbonyl (C=O) groups excluding carboxylic acids is 1. The monoisotopic (exact) mass is 331 g/mol. The smallest absolute Gasteiger partial charge is 0.264 e.